The Morgan fingerprint density at radius 3 is 2.94 bits per heavy atom. The molecule has 1 aliphatic rings. The topological polar surface area (TPSA) is 54.5 Å². The van der Waals surface area contributed by atoms with E-state index in [1.54, 1.807) is 11.3 Å². The maximum absolute atomic E-state index is 12.1. The summed E-state index contributed by atoms with van der Waals surface area (Å²) < 4.78 is 5.24. The van der Waals surface area contributed by atoms with Gasteiger partial charge in [0, 0.05) is 30.7 Å². The first kappa shape index (κ1) is 13.5. The van der Waals surface area contributed by atoms with E-state index >= 15 is 0 Å². The standard InChI is InChI=1S/C12H19N3O2S/c1-9(12(16)15-3-5-17-6-4-15)13-7-11-8-14-10(2)18-11/h8-9,13H,3-7H2,1-2H3. The normalized spacial score (nSPS) is 17.8. The molecule has 1 unspecified atom stereocenters. The van der Waals surface area contributed by atoms with Crippen LogP contribution in [0.25, 0.3) is 0 Å². The van der Waals surface area contributed by atoms with Crippen LogP contribution in [0.2, 0.25) is 0 Å². The summed E-state index contributed by atoms with van der Waals surface area (Å²) in [6, 6.07) is -0.162. The van der Waals surface area contributed by atoms with Gasteiger partial charge >= 0.3 is 0 Å². The van der Waals surface area contributed by atoms with Gasteiger partial charge in [-0.3, -0.25) is 4.79 Å². The average molecular weight is 269 g/mol. The van der Waals surface area contributed by atoms with Gasteiger partial charge in [-0.05, 0) is 13.8 Å². The molecular formula is C12H19N3O2S. The van der Waals surface area contributed by atoms with Crippen molar-refractivity contribution in [3.63, 3.8) is 0 Å². The van der Waals surface area contributed by atoms with Gasteiger partial charge in [-0.1, -0.05) is 0 Å². The monoisotopic (exact) mass is 269 g/mol. The van der Waals surface area contributed by atoms with Crippen LogP contribution >= 0.6 is 11.3 Å². The van der Waals surface area contributed by atoms with E-state index in [2.05, 4.69) is 10.3 Å². The predicted octanol–water partition coefficient (Wildman–Crippen LogP) is 0.788. The Kier molecular flexibility index (Phi) is 4.68. The van der Waals surface area contributed by atoms with Gasteiger partial charge in [0.1, 0.15) is 0 Å². The zero-order chi connectivity index (χ0) is 13.0. The molecule has 1 amide bonds. The van der Waals surface area contributed by atoms with E-state index in [0.717, 1.165) is 9.88 Å². The van der Waals surface area contributed by atoms with Crippen LogP contribution in [-0.2, 0) is 16.1 Å². The zero-order valence-electron chi connectivity index (χ0n) is 10.8. The number of hydrogen-bond donors (Lipinski definition) is 1. The minimum Gasteiger partial charge on any atom is -0.378 e. The van der Waals surface area contributed by atoms with Crippen molar-refractivity contribution in [3.8, 4) is 0 Å². The van der Waals surface area contributed by atoms with Crippen LogP contribution in [0, 0.1) is 6.92 Å². The smallest absolute Gasteiger partial charge is 0.239 e. The molecule has 5 nitrogen and oxygen atoms in total. The summed E-state index contributed by atoms with van der Waals surface area (Å²) in [6.45, 7) is 7.28. The molecule has 0 aromatic carbocycles. The summed E-state index contributed by atoms with van der Waals surface area (Å²) in [6.07, 6.45) is 1.86. The predicted molar refractivity (Wildman–Crippen MR) is 70.6 cm³/mol. The molecule has 100 valence electrons. The second-order valence-corrected chi connectivity index (χ2v) is 5.71. The highest BCUT2D eigenvalue weighted by Gasteiger charge is 2.21. The Bertz CT molecular complexity index is 402. The summed E-state index contributed by atoms with van der Waals surface area (Å²) in [7, 11) is 0. The quantitative estimate of drug-likeness (QED) is 0.878. The van der Waals surface area contributed by atoms with Crippen molar-refractivity contribution in [1.29, 1.82) is 0 Å². The first-order valence-electron chi connectivity index (χ1n) is 6.18. The first-order valence-corrected chi connectivity index (χ1v) is 6.99. The van der Waals surface area contributed by atoms with Crippen molar-refractivity contribution in [2.24, 2.45) is 0 Å². The van der Waals surface area contributed by atoms with Crippen molar-refractivity contribution >= 4 is 17.2 Å². The fraction of sp³-hybridized carbons (Fsp3) is 0.667. The molecule has 1 saturated heterocycles. The van der Waals surface area contributed by atoms with Crippen molar-refractivity contribution in [1.82, 2.24) is 15.2 Å². The maximum Gasteiger partial charge on any atom is 0.239 e. The third-order valence-electron chi connectivity index (χ3n) is 2.94. The zero-order valence-corrected chi connectivity index (χ0v) is 11.6. The number of rotatable bonds is 4. The van der Waals surface area contributed by atoms with Crippen LogP contribution in [0.3, 0.4) is 0 Å². The molecule has 18 heavy (non-hydrogen) atoms. The number of ether oxygens (including phenoxy) is 1. The SMILES string of the molecule is Cc1ncc(CNC(C)C(=O)N2CCOCC2)s1. The lowest BCUT2D eigenvalue weighted by molar-refractivity contribution is -0.137. The van der Waals surface area contributed by atoms with E-state index in [9.17, 15) is 4.79 Å². The fourth-order valence-corrected chi connectivity index (χ4v) is 2.63. The second kappa shape index (κ2) is 6.26. The molecule has 0 spiro atoms. The van der Waals surface area contributed by atoms with Crippen LogP contribution in [0.15, 0.2) is 6.20 Å². The fourth-order valence-electron chi connectivity index (χ4n) is 1.89. The molecule has 2 rings (SSSR count). The van der Waals surface area contributed by atoms with E-state index in [-0.39, 0.29) is 11.9 Å². The van der Waals surface area contributed by atoms with Crippen LogP contribution in [0.4, 0.5) is 0 Å². The minimum atomic E-state index is -0.162. The van der Waals surface area contributed by atoms with E-state index in [0.29, 0.717) is 32.8 Å². The van der Waals surface area contributed by atoms with Crippen LogP contribution < -0.4 is 5.32 Å². The molecule has 1 atom stereocenters. The largest absolute Gasteiger partial charge is 0.378 e. The lowest BCUT2D eigenvalue weighted by atomic mass is 10.2. The van der Waals surface area contributed by atoms with Gasteiger partial charge in [0.2, 0.25) is 5.91 Å². The van der Waals surface area contributed by atoms with Crippen molar-refractivity contribution in [2.45, 2.75) is 26.4 Å². The third kappa shape index (κ3) is 3.51. The molecule has 1 aliphatic heterocycles. The summed E-state index contributed by atoms with van der Waals surface area (Å²) in [5, 5.41) is 4.30. The van der Waals surface area contributed by atoms with Gasteiger partial charge < -0.3 is 15.0 Å². The van der Waals surface area contributed by atoms with Gasteiger partial charge in [0.05, 0.1) is 24.3 Å². The minimum absolute atomic E-state index is 0.152. The van der Waals surface area contributed by atoms with Gasteiger partial charge in [0.15, 0.2) is 0 Å². The molecule has 0 aliphatic carbocycles. The molecule has 1 fully saturated rings. The summed E-state index contributed by atoms with van der Waals surface area (Å²) in [5.74, 6) is 0.152. The third-order valence-corrected chi connectivity index (χ3v) is 3.86. The molecule has 6 heteroatoms. The first-order chi connectivity index (χ1) is 8.66. The van der Waals surface area contributed by atoms with Crippen molar-refractivity contribution in [2.75, 3.05) is 26.3 Å². The summed E-state index contributed by atoms with van der Waals surface area (Å²) >= 11 is 1.66. The van der Waals surface area contributed by atoms with Crippen LogP contribution in [0.1, 0.15) is 16.8 Å². The highest BCUT2D eigenvalue weighted by Crippen LogP contribution is 2.11. The molecule has 1 aromatic rings. The lowest BCUT2D eigenvalue weighted by Crippen LogP contribution is -2.48. The maximum atomic E-state index is 12.1. The van der Waals surface area contributed by atoms with Gasteiger partial charge in [0.25, 0.3) is 0 Å². The number of aryl methyl sites for hydroxylation is 1. The second-order valence-electron chi connectivity index (χ2n) is 4.39. The highest BCUT2D eigenvalue weighted by molar-refractivity contribution is 7.11. The van der Waals surface area contributed by atoms with Crippen molar-refractivity contribution in [3.05, 3.63) is 16.1 Å². The molecule has 0 radical (unpaired) electrons. The number of nitrogens with zero attached hydrogens (tertiary/aromatic N) is 2. The average Bonchev–Trinajstić information content (AvgIpc) is 2.82. The number of morpholine rings is 1. The molecule has 0 saturated carbocycles. The van der Waals surface area contributed by atoms with Crippen LogP contribution in [-0.4, -0.2) is 48.1 Å². The van der Waals surface area contributed by atoms with E-state index in [4.69, 9.17) is 4.74 Å². The molecule has 0 bridgehead atoms. The number of carbonyl (C=O) groups is 1. The summed E-state index contributed by atoms with van der Waals surface area (Å²) in [4.78, 5) is 19.3. The Balaban J connectivity index is 1.79. The molecule has 1 N–H and O–H groups in total. The number of hydrogen-bond acceptors (Lipinski definition) is 5. The number of amides is 1. The number of aromatic nitrogens is 1. The van der Waals surface area contributed by atoms with Crippen molar-refractivity contribution < 1.29 is 9.53 Å². The summed E-state index contributed by atoms with van der Waals surface area (Å²) in [5.41, 5.74) is 0. The van der Waals surface area contributed by atoms with Crippen LogP contribution in [0.5, 0.6) is 0 Å². The number of carbonyl (C=O) groups excluding carboxylic acids is 1. The van der Waals surface area contributed by atoms with E-state index in [1.807, 2.05) is 24.9 Å². The van der Waals surface area contributed by atoms with E-state index < -0.39 is 0 Å². The number of nitrogens with one attached hydrogen (secondary N) is 1. The Hall–Kier alpha value is -0.980. The lowest BCUT2D eigenvalue weighted by Gasteiger charge is -2.29. The Labute approximate surface area is 111 Å². The molecule has 1 aromatic heterocycles. The van der Waals surface area contributed by atoms with Gasteiger partial charge in [-0.25, -0.2) is 4.98 Å². The van der Waals surface area contributed by atoms with Gasteiger partial charge in [-0.15, -0.1) is 11.3 Å². The van der Waals surface area contributed by atoms with Gasteiger partial charge in [-0.2, -0.15) is 0 Å². The Morgan fingerprint density at radius 2 is 2.33 bits per heavy atom. The van der Waals surface area contributed by atoms with E-state index in [1.165, 1.54) is 0 Å². The molecule has 2 heterocycles. The Morgan fingerprint density at radius 1 is 1.61 bits per heavy atom. The number of thiazole rings is 1. The molecular weight excluding hydrogens is 250 g/mol. The highest BCUT2D eigenvalue weighted by atomic mass is 32.1.